The number of benzene rings is 1. The first-order valence-corrected chi connectivity index (χ1v) is 7.11. The molecule has 0 saturated heterocycles. The lowest BCUT2D eigenvalue weighted by Crippen LogP contribution is -2.25. The monoisotopic (exact) mass is 273 g/mol. The summed E-state index contributed by atoms with van der Waals surface area (Å²) in [6.45, 7) is -0.0878. The summed E-state index contributed by atoms with van der Waals surface area (Å²) >= 11 is 0. The fraction of sp³-hybridized carbons (Fsp3) is 0.438. The molecule has 2 fully saturated rings. The van der Waals surface area contributed by atoms with Crippen LogP contribution >= 0.6 is 0 Å². The van der Waals surface area contributed by atoms with Crippen LogP contribution in [-0.4, -0.2) is 17.6 Å². The molecule has 106 valence electrons. The molecule has 0 radical (unpaired) electrons. The zero-order valence-electron chi connectivity index (χ0n) is 11.3. The fourth-order valence-corrected chi connectivity index (χ4v) is 3.21. The lowest BCUT2D eigenvalue weighted by Gasteiger charge is -2.13. The zero-order valence-corrected chi connectivity index (χ0v) is 11.3. The van der Waals surface area contributed by atoms with Gasteiger partial charge in [0, 0.05) is 6.20 Å². The number of ether oxygens (including phenoxy) is 1. The molecule has 0 aliphatic heterocycles. The van der Waals surface area contributed by atoms with Gasteiger partial charge in [0.15, 0.2) is 18.1 Å². The highest BCUT2D eigenvalue weighted by Crippen LogP contribution is 2.47. The highest BCUT2D eigenvalue weighted by atomic mass is 16.5. The van der Waals surface area contributed by atoms with Gasteiger partial charge in [-0.2, -0.15) is 0 Å². The maximum absolute atomic E-state index is 11.7. The molecule has 4 nitrogen and oxygen atoms in total. The van der Waals surface area contributed by atoms with Crippen LogP contribution in [0.25, 0.3) is 0 Å². The van der Waals surface area contributed by atoms with E-state index >= 15 is 0 Å². The molecule has 2 bridgehead atoms. The molecule has 0 aromatic heterocycles. The first kappa shape index (κ1) is 13.0. The molecule has 1 amide bonds. The summed E-state index contributed by atoms with van der Waals surface area (Å²) in [4.78, 5) is 11.7. The second kappa shape index (κ2) is 5.57. The van der Waals surface area contributed by atoms with Crippen molar-refractivity contribution in [2.24, 2.45) is 11.8 Å². The van der Waals surface area contributed by atoms with Gasteiger partial charge in [0.25, 0.3) is 5.91 Å². The number of carbonyl (C=O) groups is 1. The highest BCUT2D eigenvalue weighted by Gasteiger charge is 2.35. The fourth-order valence-electron chi connectivity index (χ4n) is 3.21. The summed E-state index contributed by atoms with van der Waals surface area (Å²) in [5.74, 6) is 1.70. The number of nitrogens with one attached hydrogen (secondary N) is 1. The number of fused-ring (bicyclic) bond motifs is 2. The SMILES string of the molecule is O=C(COc1ccccc1O)N/C=C1/CC2CCC1C2. The zero-order chi connectivity index (χ0) is 13.9. The minimum atomic E-state index is -0.191. The largest absolute Gasteiger partial charge is 0.504 e. The Balaban J connectivity index is 1.48. The van der Waals surface area contributed by atoms with Gasteiger partial charge in [-0.3, -0.25) is 4.79 Å². The molecule has 1 aromatic carbocycles. The summed E-state index contributed by atoms with van der Waals surface area (Å²) in [6.07, 6.45) is 6.88. The topological polar surface area (TPSA) is 58.6 Å². The van der Waals surface area contributed by atoms with Crippen LogP contribution in [0.1, 0.15) is 25.7 Å². The average molecular weight is 273 g/mol. The van der Waals surface area contributed by atoms with Gasteiger partial charge < -0.3 is 15.2 Å². The van der Waals surface area contributed by atoms with Crippen LogP contribution in [0.4, 0.5) is 0 Å². The Morgan fingerprint density at radius 2 is 2.25 bits per heavy atom. The van der Waals surface area contributed by atoms with Gasteiger partial charge in [0.1, 0.15) is 0 Å². The molecule has 2 aliphatic rings. The van der Waals surface area contributed by atoms with Crippen LogP contribution in [0.3, 0.4) is 0 Å². The lowest BCUT2D eigenvalue weighted by atomic mass is 9.96. The normalized spacial score (nSPS) is 25.9. The van der Waals surface area contributed by atoms with Crippen molar-refractivity contribution in [3.05, 3.63) is 36.0 Å². The molecular weight excluding hydrogens is 254 g/mol. The third-order valence-corrected chi connectivity index (χ3v) is 4.23. The number of hydrogen-bond donors (Lipinski definition) is 2. The summed E-state index contributed by atoms with van der Waals surface area (Å²) in [5, 5.41) is 12.3. The predicted octanol–water partition coefficient (Wildman–Crippen LogP) is 2.59. The van der Waals surface area contributed by atoms with E-state index in [0.29, 0.717) is 11.7 Å². The van der Waals surface area contributed by atoms with Gasteiger partial charge in [0.05, 0.1) is 0 Å². The number of phenols is 1. The van der Waals surface area contributed by atoms with Crippen molar-refractivity contribution in [1.82, 2.24) is 5.32 Å². The van der Waals surface area contributed by atoms with Gasteiger partial charge in [-0.15, -0.1) is 0 Å². The standard InChI is InChI=1S/C16H19NO3/c18-14-3-1-2-4-15(14)20-10-16(19)17-9-13-8-11-5-6-12(13)7-11/h1-4,9,11-12,18H,5-8,10H2,(H,17,19)/b13-9-. The van der Waals surface area contributed by atoms with Gasteiger partial charge in [0.2, 0.25) is 0 Å². The van der Waals surface area contributed by atoms with E-state index < -0.39 is 0 Å². The molecule has 3 rings (SSSR count). The van der Waals surface area contributed by atoms with E-state index in [0.717, 1.165) is 12.3 Å². The number of phenolic OH excluding ortho intramolecular Hbond substituents is 1. The molecular formula is C16H19NO3. The van der Waals surface area contributed by atoms with Crippen molar-refractivity contribution < 1.29 is 14.6 Å². The van der Waals surface area contributed by atoms with Crippen molar-refractivity contribution in [2.75, 3.05) is 6.61 Å². The average Bonchev–Trinajstić information content (AvgIpc) is 3.06. The molecule has 2 atom stereocenters. The van der Waals surface area contributed by atoms with E-state index in [9.17, 15) is 9.90 Å². The lowest BCUT2D eigenvalue weighted by molar-refractivity contribution is -0.122. The minimum Gasteiger partial charge on any atom is -0.504 e. The quantitative estimate of drug-likeness (QED) is 0.886. The minimum absolute atomic E-state index is 0.0479. The highest BCUT2D eigenvalue weighted by molar-refractivity contribution is 5.78. The maximum atomic E-state index is 11.7. The molecule has 20 heavy (non-hydrogen) atoms. The Kier molecular flexibility index (Phi) is 3.63. The van der Waals surface area contributed by atoms with Gasteiger partial charge in [-0.05, 0) is 49.7 Å². The van der Waals surface area contributed by atoms with Crippen LogP contribution in [0.15, 0.2) is 36.0 Å². The van der Waals surface area contributed by atoms with Crippen LogP contribution in [-0.2, 0) is 4.79 Å². The molecule has 2 saturated carbocycles. The first-order chi connectivity index (χ1) is 9.72. The van der Waals surface area contributed by atoms with Crippen LogP contribution < -0.4 is 10.1 Å². The van der Waals surface area contributed by atoms with E-state index in [1.807, 2.05) is 6.20 Å². The Labute approximate surface area is 118 Å². The molecule has 4 heteroatoms. The van der Waals surface area contributed by atoms with Crippen molar-refractivity contribution in [2.45, 2.75) is 25.7 Å². The van der Waals surface area contributed by atoms with Gasteiger partial charge >= 0.3 is 0 Å². The van der Waals surface area contributed by atoms with Crippen molar-refractivity contribution in [1.29, 1.82) is 0 Å². The smallest absolute Gasteiger partial charge is 0.261 e. The maximum Gasteiger partial charge on any atom is 0.261 e. The number of carbonyl (C=O) groups excluding carboxylic acids is 1. The van der Waals surface area contributed by atoms with E-state index in [4.69, 9.17) is 4.74 Å². The molecule has 1 aromatic rings. The first-order valence-electron chi connectivity index (χ1n) is 7.11. The van der Waals surface area contributed by atoms with Crippen LogP contribution in [0, 0.1) is 11.8 Å². The summed E-state index contributed by atoms with van der Waals surface area (Å²) in [7, 11) is 0. The third kappa shape index (κ3) is 2.79. The number of aromatic hydroxyl groups is 1. The van der Waals surface area contributed by atoms with E-state index in [1.54, 1.807) is 18.2 Å². The number of para-hydroxylation sites is 2. The molecule has 0 heterocycles. The Hall–Kier alpha value is -1.97. The van der Waals surface area contributed by atoms with Crippen molar-refractivity contribution >= 4 is 5.91 Å². The number of amides is 1. The summed E-state index contributed by atoms with van der Waals surface area (Å²) < 4.78 is 5.28. The van der Waals surface area contributed by atoms with E-state index in [-0.39, 0.29) is 18.3 Å². The summed E-state index contributed by atoms with van der Waals surface area (Å²) in [6, 6.07) is 6.63. The second-order valence-electron chi connectivity index (χ2n) is 5.62. The third-order valence-electron chi connectivity index (χ3n) is 4.23. The van der Waals surface area contributed by atoms with Gasteiger partial charge in [-0.25, -0.2) is 0 Å². The number of hydrogen-bond acceptors (Lipinski definition) is 3. The Bertz CT molecular complexity index is 538. The van der Waals surface area contributed by atoms with E-state index in [2.05, 4.69) is 5.32 Å². The van der Waals surface area contributed by atoms with Crippen molar-refractivity contribution in [3.63, 3.8) is 0 Å². The second-order valence-corrected chi connectivity index (χ2v) is 5.62. The molecule has 2 unspecified atom stereocenters. The summed E-state index contributed by atoms with van der Waals surface area (Å²) in [5.41, 5.74) is 1.37. The van der Waals surface area contributed by atoms with Crippen LogP contribution in [0.5, 0.6) is 11.5 Å². The van der Waals surface area contributed by atoms with E-state index in [1.165, 1.54) is 30.9 Å². The number of allylic oxidation sites excluding steroid dienone is 1. The Morgan fingerprint density at radius 1 is 1.40 bits per heavy atom. The van der Waals surface area contributed by atoms with Crippen molar-refractivity contribution in [3.8, 4) is 11.5 Å². The van der Waals surface area contributed by atoms with Crippen LogP contribution in [0.2, 0.25) is 0 Å². The molecule has 0 spiro atoms. The predicted molar refractivity (Wildman–Crippen MR) is 75.3 cm³/mol. The Morgan fingerprint density at radius 3 is 2.95 bits per heavy atom. The molecule has 2 aliphatic carbocycles. The number of rotatable bonds is 4. The molecule has 2 N–H and O–H groups in total. The van der Waals surface area contributed by atoms with Gasteiger partial charge in [-0.1, -0.05) is 17.7 Å².